The lowest BCUT2D eigenvalue weighted by atomic mass is 9.91. The molecule has 1 atom stereocenters. The maximum Gasteiger partial charge on any atom is 0.306 e. The average molecular weight is 215 g/mol. The third-order valence-corrected chi connectivity index (χ3v) is 2.06. The molecule has 0 aromatic carbocycles. The van der Waals surface area contributed by atoms with Crippen molar-refractivity contribution in [2.75, 3.05) is 6.61 Å². The summed E-state index contributed by atoms with van der Waals surface area (Å²) in [6, 6.07) is 0. The van der Waals surface area contributed by atoms with Crippen LogP contribution < -0.4 is 5.73 Å². The fraction of sp³-hybridized carbons (Fsp3) is 0.818. The molecule has 0 radical (unpaired) electrons. The molecule has 0 heterocycles. The zero-order valence-corrected chi connectivity index (χ0v) is 9.79. The van der Waals surface area contributed by atoms with Gasteiger partial charge >= 0.3 is 5.97 Å². The smallest absolute Gasteiger partial charge is 0.306 e. The van der Waals surface area contributed by atoms with Crippen molar-refractivity contribution in [3.8, 4) is 0 Å². The van der Waals surface area contributed by atoms with Gasteiger partial charge in [-0.3, -0.25) is 9.59 Å². The topological polar surface area (TPSA) is 69.4 Å². The summed E-state index contributed by atoms with van der Waals surface area (Å²) in [5.74, 6) is -0.139. The molecule has 0 bridgehead atoms. The van der Waals surface area contributed by atoms with Crippen molar-refractivity contribution in [2.45, 2.75) is 40.0 Å². The molecule has 0 aliphatic rings. The summed E-state index contributed by atoms with van der Waals surface area (Å²) in [6.07, 6.45) is 1.37. The fourth-order valence-electron chi connectivity index (χ4n) is 1.65. The number of hydrogen-bond donors (Lipinski definition) is 1. The normalized spacial score (nSPS) is 12.5. The van der Waals surface area contributed by atoms with Crippen molar-refractivity contribution in [1.29, 1.82) is 0 Å². The number of carbonyl (C=O) groups is 2. The van der Waals surface area contributed by atoms with E-state index in [-0.39, 0.29) is 30.6 Å². The van der Waals surface area contributed by atoms with Gasteiger partial charge in [-0.1, -0.05) is 13.8 Å². The molecule has 0 aliphatic heterocycles. The highest BCUT2D eigenvalue weighted by atomic mass is 16.5. The molecule has 0 unspecified atom stereocenters. The summed E-state index contributed by atoms with van der Waals surface area (Å²) in [7, 11) is 0. The van der Waals surface area contributed by atoms with Gasteiger partial charge in [0.15, 0.2) is 0 Å². The summed E-state index contributed by atoms with van der Waals surface area (Å²) >= 11 is 0. The summed E-state index contributed by atoms with van der Waals surface area (Å²) in [4.78, 5) is 22.0. The van der Waals surface area contributed by atoms with E-state index in [4.69, 9.17) is 10.5 Å². The zero-order valence-electron chi connectivity index (χ0n) is 9.79. The van der Waals surface area contributed by atoms with Gasteiger partial charge in [0.2, 0.25) is 5.91 Å². The van der Waals surface area contributed by atoms with Crippen LogP contribution in [0.25, 0.3) is 0 Å². The number of esters is 1. The highest BCUT2D eigenvalue weighted by Gasteiger charge is 2.18. The molecule has 0 aromatic rings. The summed E-state index contributed by atoms with van der Waals surface area (Å²) in [5.41, 5.74) is 5.13. The molecule has 0 spiro atoms. The SMILES string of the molecule is CCOC(=O)C[C@H](CC(N)=O)CC(C)C. The van der Waals surface area contributed by atoms with Crippen LogP contribution in [0.1, 0.15) is 40.0 Å². The lowest BCUT2D eigenvalue weighted by Gasteiger charge is -2.16. The third kappa shape index (κ3) is 7.97. The maximum absolute atomic E-state index is 11.2. The van der Waals surface area contributed by atoms with Crippen LogP contribution in [-0.2, 0) is 14.3 Å². The first-order valence-electron chi connectivity index (χ1n) is 5.39. The monoisotopic (exact) mass is 215 g/mol. The van der Waals surface area contributed by atoms with Crippen molar-refractivity contribution < 1.29 is 14.3 Å². The molecule has 0 saturated heterocycles. The van der Waals surface area contributed by atoms with Crippen LogP contribution in [0.4, 0.5) is 0 Å². The summed E-state index contributed by atoms with van der Waals surface area (Å²) < 4.78 is 4.84. The molecule has 2 N–H and O–H groups in total. The quantitative estimate of drug-likeness (QED) is 0.654. The molecule has 4 nitrogen and oxygen atoms in total. The number of carbonyl (C=O) groups excluding carboxylic acids is 2. The van der Waals surface area contributed by atoms with Gasteiger partial charge in [0.05, 0.1) is 6.61 Å². The van der Waals surface area contributed by atoms with Gasteiger partial charge in [0.25, 0.3) is 0 Å². The second kappa shape index (κ2) is 7.26. The fourth-order valence-corrected chi connectivity index (χ4v) is 1.65. The first kappa shape index (κ1) is 13.9. The van der Waals surface area contributed by atoms with Gasteiger partial charge in [-0.2, -0.15) is 0 Å². The van der Waals surface area contributed by atoms with Gasteiger partial charge < -0.3 is 10.5 Å². The Balaban J connectivity index is 4.11. The van der Waals surface area contributed by atoms with E-state index in [2.05, 4.69) is 13.8 Å². The molecule has 4 heteroatoms. The predicted molar refractivity (Wildman–Crippen MR) is 58.0 cm³/mol. The molecule has 88 valence electrons. The molecule has 0 aliphatic carbocycles. The van der Waals surface area contributed by atoms with Crippen LogP contribution in [0.2, 0.25) is 0 Å². The van der Waals surface area contributed by atoms with E-state index < -0.39 is 0 Å². The van der Waals surface area contributed by atoms with Gasteiger partial charge in [0, 0.05) is 12.8 Å². The second-order valence-corrected chi connectivity index (χ2v) is 4.18. The Hall–Kier alpha value is -1.06. The molecule has 0 aromatic heterocycles. The van der Waals surface area contributed by atoms with Crippen molar-refractivity contribution in [3.63, 3.8) is 0 Å². The van der Waals surface area contributed by atoms with E-state index in [9.17, 15) is 9.59 Å². The number of rotatable bonds is 7. The molecule has 1 amide bonds. The molecule has 15 heavy (non-hydrogen) atoms. The van der Waals surface area contributed by atoms with Crippen LogP contribution in [0.15, 0.2) is 0 Å². The highest BCUT2D eigenvalue weighted by Crippen LogP contribution is 2.19. The van der Waals surface area contributed by atoms with Crippen LogP contribution in [-0.4, -0.2) is 18.5 Å². The van der Waals surface area contributed by atoms with Crippen molar-refractivity contribution in [1.82, 2.24) is 0 Å². The molecule has 0 rings (SSSR count). The summed E-state index contributed by atoms with van der Waals surface area (Å²) in [5, 5.41) is 0. The van der Waals surface area contributed by atoms with Crippen LogP contribution in [0.5, 0.6) is 0 Å². The zero-order chi connectivity index (χ0) is 11.8. The minimum absolute atomic E-state index is 0.0153. The van der Waals surface area contributed by atoms with Crippen LogP contribution in [0.3, 0.4) is 0 Å². The van der Waals surface area contributed by atoms with Crippen LogP contribution >= 0.6 is 0 Å². The Morgan fingerprint density at radius 3 is 2.27 bits per heavy atom. The number of ether oxygens (including phenoxy) is 1. The first-order valence-corrected chi connectivity index (χ1v) is 5.39. The van der Waals surface area contributed by atoms with Gasteiger partial charge in [-0.15, -0.1) is 0 Å². The van der Waals surface area contributed by atoms with E-state index in [1.807, 2.05) is 0 Å². The lowest BCUT2D eigenvalue weighted by molar-refractivity contribution is -0.144. The third-order valence-electron chi connectivity index (χ3n) is 2.06. The number of amides is 1. The van der Waals surface area contributed by atoms with Gasteiger partial charge in [0.1, 0.15) is 0 Å². The number of hydrogen-bond acceptors (Lipinski definition) is 3. The molecular formula is C11H21NO3. The highest BCUT2D eigenvalue weighted by molar-refractivity contribution is 5.75. The van der Waals surface area contributed by atoms with E-state index in [0.29, 0.717) is 12.5 Å². The minimum Gasteiger partial charge on any atom is -0.466 e. The Morgan fingerprint density at radius 2 is 1.87 bits per heavy atom. The number of primary amides is 1. The van der Waals surface area contributed by atoms with Crippen LogP contribution in [0, 0.1) is 11.8 Å². The van der Waals surface area contributed by atoms with Crippen molar-refractivity contribution >= 4 is 11.9 Å². The van der Waals surface area contributed by atoms with Gasteiger partial charge in [-0.05, 0) is 25.2 Å². The molecular weight excluding hydrogens is 194 g/mol. The standard InChI is InChI=1S/C11H21NO3/c1-4-15-11(14)7-9(5-8(2)3)6-10(12)13/h8-9H,4-7H2,1-3H3,(H2,12,13)/t9-/m0/s1. The van der Waals surface area contributed by atoms with E-state index in [1.54, 1.807) is 6.92 Å². The predicted octanol–water partition coefficient (Wildman–Crippen LogP) is 1.48. The maximum atomic E-state index is 11.2. The average Bonchev–Trinajstić information content (AvgIpc) is 2.00. The minimum atomic E-state index is -0.357. The van der Waals surface area contributed by atoms with Crippen molar-refractivity contribution in [2.24, 2.45) is 17.6 Å². The Bertz CT molecular complexity index is 214. The van der Waals surface area contributed by atoms with E-state index >= 15 is 0 Å². The van der Waals surface area contributed by atoms with E-state index in [0.717, 1.165) is 6.42 Å². The summed E-state index contributed by atoms with van der Waals surface area (Å²) in [6.45, 7) is 6.26. The lowest BCUT2D eigenvalue weighted by Crippen LogP contribution is -2.21. The first-order chi connectivity index (χ1) is 6.95. The number of nitrogens with two attached hydrogens (primary N) is 1. The van der Waals surface area contributed by atoms with Gasteiger partial charge in [-0.25, -0.2) is 0 Å². The Kier molecular flexibility index (Phi) is 6.75. The molecule has 0 fully saturated rings. The van der Waals surface area contributed by atoms with Crippen molar-refractivity contribution in [3.05, 3.63) is 0 Å². The molecule has 0 saturated carbocycles. The second-order valence-electron chi connectivity index (χ2n) is 4.18. The Labute approximate surface area is 91.2 Å². The Morgan fingerprint density at radius 1 is 1.27 bits per heavy atom. The largest absolute Gasteiger partial charge is 0.466 e. The van der Waals surface area contributed by atoms with E-state index in [1.165, 1.54) is 0 Å².